The van der Waals surface area contributed by atoms with E-state index in [-0.39, 0.29) is 30.1 Å². The molecule has 0 aromatic rings. The Kier molecular flexibility index (Phi) is 4.42. The fourth-order valence-corrected chi connectivity index (χ4v) is 4.85. The van der Waals surface area contributed by atoms with Crippen molar-refractivity contribution in [1.29, 1.82) is 0 Å². The molecular weight excluding hydrogens is 280 g/mol. The first-order valence-electron chi connectivity index (χ1n) is 5.64. The highest BCUT2D eigenvalue weighted by molar-refractivity contribution is 7.92. The van der Waals surface area contributed by atoms with Gasteiger partial charge in [-0.15, -0.1) is 0 Å². The minimum atomic E-state index is -3.37. The summed E-state index contributed by atoms with van der Waals surface area (Å²) >= 11 is 0. The van der Waals surface area contributed by atoms with Crippen LogP contribution in [0.1, 0.15) is 25.7 Å². The number of carboxylic acid groups (broad SMARTS) is 1. The third kappa shape index (κ3) is 5.81. The van der Waals surface area contributed by atoms with Crippen LogP contribution in [0.25, 0.3) is 0 Å². The van der Waals surface area contributed by atoms with Crippen molar-refractivity contribution in [2.45, 2.75) is 25.7 Å². The third-order valence-electron chi connectivity index (χ3n) is 2.98. The van der Waals surface area contributed by atoms with Gasteiger partial charge in [0, 0.05) is 6.26 Å². The maximum absolute atomic E-state index is 11.8. The molecule has 6 nitrogen and oxygen atoms in total. The van der Waals surface area contributed by atoms with E-state index < -0.39 is 31.1 Å². The SMILES string of the molecule is CS(=O)(=O)CCCS(=O)(=O)CC1(CC(=O)O)CC1. The number of sulfone groups is 2. The number of hydrogen-bond acceptors (Lipinski definition) is 5. The Labute approximate surface area is 107 Å². The van der Waals surface area contributed by atoms with Gasteiger partial charge in [0.1, 0.15) is 9.84 Å². The Morgan fingerprint density at radius 3 is 2.11 bits per heavy atom. The minimum Gasteiger partial charge on any atom is -0.481 e. The van der Waals surface area contributed by atoms with Gasteiger partial charge in [0.25, 0.3) is 0 Å². The van der Waals surface area contributed by atoms with Gasteiger partial charge in [-0.3, -0.25) is 4.79 Å². The summed E-state index contributed by atoms with van der Waals surface area (Å²) in [5, 5.41) is 8.69. The molecule has 1 aliphatic rings. The van der Waals surface area contributed by atoms with E-state index >= 15 is 0 Å². The van der Waals surface area contributed by atoms with Gasteiger partial charge in [0.05, 0.1) is 23.7 Å². The zero-order valence-electron chi connectivity index (χ0n) is 10.3. The molecule has 0 aliphatic heterocycles. The molecule has 1 aliphatic carbocycles. The Hall–Kier alpha value is -0.630. The predicted molar refractivity (Wildman–Crippen MR) is 66.9 cm³/mol. The van der Waals surface area contributed by atoms with Crippen LogP contribution in [0, 0.1) is 5.41 Å². The van der Waals surface area contributed by atoms with Gasteiger partial charge in [-0.1, -0.05) is 0 Å². The topological polar surface area (TPSA) is 106 Å². The molecular formula is C10H18O6S2. The second-order valence-electron chi connectivity index (χ2n) is 5.15. The molecule has 0 aromatic heterocycles. The predicted octanol–water partition coefficient (Wildman–Crippen LogP) is 0.0908. The number of hydrogen-bond donors (Lipinski definition) is 1. The van der Waals surface area contributed by atoms with Crippen LogP contribution in [-0.4, -0.2) is 51.4 Å². The number of carboxylic acids is 1. The summed E-state index contributed by atoms with van der Waals surface area (Å²) in [5.74, 6) is -1.48. The summed E-state index contributed by atoms with van der Waals surface area (Å²) in [4.78, 5) is 10.6. The molecule has 0 atom stereocenters. The van der Waals surface area contributed by atoms with Gasteiger partial charge in [0.2, 0.25) is 0 Å². The van der Waals surface area contributed by atoms with Crippen molar-refractivity contribution in [3.63, 3.8) is 0 Å². The van der Waals surface area contributed by atoms with Gasteiger partial charge in [-0.2, -0.15) is 0 Å². The van der Waals surface area contributed by atoms with Crippen LogP contribution < -0.4 is 0 Å². The van der Waals surface area contributed by atoms with Gasteiger partial charge < -0.3 is 5.11 Å². The van der Waals surface area contributed by atoms with Crippen molar-refractivity contribution in [2.75, 3.05) is 23.5 Å². The monoisotopic (exact) mass is 298 g/mol. The molecule has 106 valence electrons. The minimum absolute atomic E-state index is 0.0737. The van der Waals surface area contributed by atoms with Crippen LogP contribution in [-0.2, 0) is 24.5 Å². The van der Waals surface area contributed by atoms with E-state index in [0.717, 1.165) is 6.26 Å². The highest BCUT2D eigenvalue weighted by atomic mass is 32.2. The third-order valence-corrected chi connectivity index (χ3v) is 5.97. The molecule has 1 N–H and O–H groups in total. The molecule has 0 unspecified atom stereocenters. The van der Waals surface area contributed by atoms with Crippen molar-refractivity contribution in [3.8, 4) is 0 Å². The Bertz CT molecular complexity index is 513. The van der Waals surface area contributed by atoms with Crippen molar-refractivity contribution in [2.24, 2.45) is 5.41 Å². The van der Waals surface area contributed by atoms with Crippen molar-refractivity contribution in [1.82, 2.24) is 0 Å². The first-order chi connectivity index (χ1) is 8.04. The lowest BCUT2D eigenvalue weighted by molar-refractivity contribution is -0.138. The van der Waals surface area contributed by atoms with Crippen LogP contribution in [0.3, 0.4) is 0 Å². The van der Waals surface area contributed by atoms with Gasteiger partial charge in [0.15, 0.2) is 9.84 Å². The van der Waals surface area contributed by atoms with Crippen LogP contribution in [0.15, 0.2) is 0 Å². The van der Waals surface area contributed by atoms with E-state index in [1.165, 1.54) is 0 Å². The lowest BCUT2D eigenvalue weighted by Crippen LogP contribution is -2.23. The number of rotatable bonds is 8. The maximum atomic E-state index is 11.8. The van der Waals surface area contributed by atoms with E-state index in [0.29, 0.717) is 12.8 Å². The summed E-state index contributed by atoms with van der Waals surface area (Å²) in [6.45, 7) is 0. The molecule has 1 fully saturated rings. The van der Waals surface area contributed by atoms with Crippen molar-refractivity contribution in [3.05, 3.63) is 0 Å². The molecule has 18 heavy (non-hydrogen) atoms. The Balaban J connectivity index is 2.48. The van der Waals surface area contributed by atoms with Crippen LogP contribution in [0.4, 0.5) is 0 Å². The molecule has 0 bridgehead atoms. The smallest absolute Gasteiger partial charge is 0.303 e. The normalized spacial score (nSPS) is 18.5. The average molecular weight is 298 g/mol. The van der Waals surface area contributed by atoms with Crippen molar-refractivity contribution < 1.29 is 26.7 Å². The molecule has 0 spiro atoms. The quantitative estimate of drug-likeness (QED) is 0.681. The molecule has 0 aromatic carbocycles. The summed E-state index contributed by atoms with van der Waals surface area (Å²) < 4.78 is 45.3. The second kappa shape index (κ2) is 5.16. The van der Waals surface area contributed by atoms with E-state index in [9.17, 15) is 21.6 Å². The molecule has 1 rings (SSSR count). The van der Waals surface area contributed by atoms with Crippen molar-refractivity contribution >= 4 is 25.6 Å². The van der Waals surface area contributed by atoms with Crippen LogP contribution >= 0.6 is 0 Å². The largest absolute Gasteiger partial charge is 0.481 e. The highest BCUT2D eigenvalue weighted by Gasteiger charge is 2.47. The molecule has 0 saturated heterocycles. The Morgan fingerprint density at radius 2 is 1.72 bits per heavy atom. The molecule has 1 saturated carbocycles. The second-order valence-corrected chi connectivity index (χ2v) is 9.59. The zero-order chi connectivity index (χ0) is 14.0. The molecule has 8 heteroatoms. The van der Waals surface area contributed by atoms with E-state index in [1.807, 2.05) is 0 Å². The van der Waals surface area contributed by atoms with Crippen LogP contribution in [0.2, 0.25) is 0 Å². The lowest BCUT2D eigenvalue weighted by Gasteiger charge is -2.12. The first kappa shape index (κ1) is 15.4. The van der Waals surface area contributed by atoms with Gasteiger partial charge >= 0.3 is 5.97 Å². The molecule has 0 heterocycles. The first-order valence-corrected chi connectivity index (χ1v) is 9.52. The van der Waals surface area contributed by atoms with E-state index in [1.54, 1.807) is 0 Å². The van der Waals surface area contributed by atoms with E-state index in [4.69, 9.17) is 5.11 Å². The summed E-state index contributed by atoms with van der Waals surface area (Å²) in [7, 11) is -6.52. The summed E-state index contributed by atoms with van der Waals surface area (Å²) in [6.07, 6.45) is 2.24. The number of aliphatic carboxylic acids is 1. The summed E-state index contributed by atoms with van der Waals surface area (Å²) in [5.41, 5.74) is -0.601. The Morgan fingerprint density at radius 1 is 1.17 bits per heavy atom. The fourth-order valence-electron chi connectivity index (χ4n) is 1.95. The standard InChI is InChI=1S/C10H18O6S2/c1-17(13,14)5-2-6-18(15,16)8-10(3-4-10)7-9(11)12/h2-8H2,1H3,(H,11,12). The summed E-state index contributed by atoms with van der Waals surface area (Å²) in [6, 6.07) is 0. The maximum Gasteiger partial charge on any atom is 0.303 e. The fraction of sp³-hybridized carbons (Fsp3) is 0.900. The molecule has 0 amide bonds. The lowest BCUT2D eigenvalue weighted by atomic mass is 10.1. The zero-order valence-corrected chi connectivity index (χ0v) is 11.9. The van der Waals surface area contributed by atoms with E-state index in [2.05, 4.69) is 0 Å². The van der Waals surface area contributed by atoms with Gasteiger partial charge in [-0.25, -0.2) is 16.8 Å². The van der Waals surface area contributed by atoms with Crippen LogP contribution in [0.5, 0.6) is 0 Å². The molecule has 0 radical (unpaired) electrons. The number of carbonyl (C=O) groups is 1. The average Bonchev–Trinajstić information content (AvgIpc) is 2.78. The van der Waals surface area contributed by atoms with Gasteiger partial charge in [-0.05, 0) is 24.7 Å². The highest BCUT2D eigenvalue weighted by Crippen LogP contribution is 2.49.